The molecule has 0 atom stereocenters. The van der Waals surface area contributed by atoms with Crippen LogP contribution in [-0.2, 0) is 6.54 Å². The van der Waals surface area contributed by atoms with Gasteiger partial charge < -0.3 is 19.7 Å². The van der Waals surface area contributed by atoms with E-state index in [-0.39, 0.29) is 12.6 Å². The number of halogens is 1. The van der Waals surface area contributed by atoms with Crippen LogP contribution in [0.15, 0.2) is 36.4 Å². The van der Waals surface area contributed by atoms with E-state index in [1.807, 2.05) is 24.3 Å². The molecule has 2 aromatic rings. The molecule has 2 aliphatic rings. The quantitative estimate of drug-likeness (QED) is 0.748. The molecule has 0 amide bonds. The third-order valence-corrected chi connectivity index (χ3v) is 5.58. The first-order valence-corrected chi connectivity index (χ1v) is 9.73. The monoisotopic (exact) mass is 386 g/mol. The number of aryl methyl sites for hydroxylation is 1. The van der Waals surface area contributed by atoms with Gasteiger partial charge in [0.15, 0.2) is 16.6 Å². The van der Waals surface area contributed by atoms with E-state index in [1.165, 1.54) is 18.9 Å². The van der Waals surface area contributed by atoms with Gasteiger partial charge in [-0.2, -0.15) is 0 Å². The summed E-state index contributed by atoms with van der Waals surface area (Å²) in [6, 6.07) is 11.5. The van der Waals surface area contributed by atoms with Crippen molar-refractivity contribution in [3.63, 3.8) is 0 Å². The maximum Gasteiger partial charge on any atom is 0.231 e. The third kappa shape index (κ3) is 4.00. The van der Waals surface area contributed by atoms with E-state index < -0.39 is 0 Å². The van der Waals surface area contributed by atoms with E-state index >= 15 is 0 Å². The van der Waals surface area contributed by atoms with Gasteiger partial charge in [0.2, 0.25) is 6.79 Å². The minimum absolute atomic E-state index is 0.231. The number of hydrogen-bond acceptors (Lipinski definition) is 3. The molecule has 0 saturated heterocycles. The Hall–Kier alpha value is -2.34. The zero-order valence-corrected chi connectivity index (χ0v) is 16.2. The molecular formula is C21H23FN2O2S. The average molecular weight is 386 g/mol. The fraction of sp³-hybridized carbons (Fsp3) is 0.381. The number of nitrogens with zero attached hydrogens (tertiary/aromatic N) is 1. The highest BCUT2D eigenvalue weighted by Crippen LogP contribution is 2.34. The summed E-state index contributed by atoms with van der Waals surface area (Å²) in [5.41, 5.74) is 2.42. The van der Waals surface area contributed by atoms with Crippen LogP contribution < -0.4 is 14.8 Å². The lowest BCUT2D eigenvalue weighted by molar-refractivity contribution is 0.174. The van der Waals surface area contributed by atoms with Gasteiger partial charge in [-0.25, -0.2) is 4.39 Å². The van der Waals surface area contributed by atoms with Gasteiger partial charge in [0.1, 0.15) is 5.82 Å². The molecule has 0 aromatic heterocycles. The van der Waals surface area contributed by atoms with Crippen LogP contribution in [0.25, 0.3) is 0 Å². The molecule has 1 aliphatic heterocycles. The molecule has 2 aromatic carbocycles. The Bertz CT molecular complexity index is 852. The second-order valence-electron chi connectivity index (χ2n) is 7.15. The molecule has 1 N–H and O–H groups in total. The van der Waals surface area contributed by atoms with Crippen molar-refractivity contribution >= 4 is 23.0 Å². The lowest BCUT2D eigenvalue weighted by Crippen LogP contribution is -2.41. The van der Waals surface area contributed by atoms with Crippen molar-refractivity contribution in [3.8, 4) is 11.5 Å². The first-order chi connectivity index (χ1) is 13.1. The summed E-state index contributed by atoms with van der Waals surface area (Å²) < 4.78 is 24.8. The SMILES string of the molecule is Cc1ccc(NC(=S)N(Cc2ccc3c(c2)OCO3)C2CCCC2)cc1F. The largest absolute Gasteiger partial charge is 0.454 e. The molecule has 4 rings (SSSR count). The first-order valence-electron chi connectivity index (χ1n) is 9.32. The van der Waals surface area contributed by atoms with Gasteiger partial charge >= 0.3 is 0 Å². The van der Waals surface area contributed by atoms with Crippen LogP contribution in [0.4, 0.5) is 10.1 Å². The predicted octanol–water partition coefficient (Wildman–Crippen LogP) is 5.00. The summed E-state index contributed by atoms with van der Waals surface area (Å²) in [5.74, 6) is 1.33. The van der Waals surface area contributed by atoms with Crippen LogP contribution in [0.1, 0.15) is 36.8 Å². The standard InChI is InChI=1S/C21H23FN2O2S/c1-14-6-8-16(11-18(14)22)23-21(27)24(17-4-2-3-5-17)12-15-7-9-19-20(10-15)26-13-25-19/h6-11,17H,2-5,12-13H2,1H3,(H,23,27). The molecule has 0 spiro atoms. The van der Waals surface area contributed by atoms with Crippen LogP contribution >= 0.6 is 12.2 Å². The van der Waals surface area contributed by atoms with Crippen LogP contribution in [0, 0.1) is 12.7 Å². The minimum atomic E-state index is -0.231. The highest BCUT2D eigenvalue weighted by atomic mass is 32.1. The first kappa shape index (κ1) is 18.0. The number of nitrogens with one attached hydrogen (secondary N) is 1. The smallest absolute Gasteiger partial charge is 0.231 e. The van der Waals surface area contributed by atoms with E-state index in [1.54, 1.807) is 13.0 Å². The lowest BCUT2D eigenvalue weighted by Gasteiger charge is -2.32. The van der Waals surface area contributed by atoms with Crippen molar-refractivity contribution in [2.75, 3.05) is 12.1 Å². The molecule has 142 valence electrons. The Labute approximate surface area is 164 Å². The molecule has 1 fully saturated rings. The van der Waals surface area contributed by atoms with Crippen molar-refractivity contribution in [2.24, 2.45) is 0 Å². The van der Waals surface area contributed by atoms with Gasteiger partial charge in [0.05, 0.1) is 0 Å². The molecule has 1 heterocycles. The number of rotatable bonds is 4. The Morgan fingerprint density at radius 1 is 1.15 bits per heavy atom. The number of benzene rings is 2. The Balaban J connectivity index is 1.53. The molecule has 27 heavy (non-hydrogen) atoms. The van der Waals surface area contributed by atoms with Gasteiger partial charge in [0.25, 0.3) is 0 Å². The van der Waals surface area contributed by atoms with E-state index in [4.69, 9.17) is 21.7 Å². The predicted molar refractivity (Wildman–Crippen MR) is 108 cm³/mol. The molecule has 1 aliphatic carbocycles. The molecule has 1 saturated carbocycles. The van der Waals surface area contributed by atoms with E-state index in [0.717, 1.165) is 29.9 Å². The molecule has 4 nitrogen and oxygen atoms in total. The maximum absolute atomic E-state index is 13.9. The van der Waals surface area contributed by atoms with Gasteiger partial charge in [-0.1, -0.05) is 25.0 Å². The molecule has 0 unspecified atom stereocenters. The van der Waals surface area contributed by atoms with Crippen LogP contribution in [0.5, 0.6) is 11.5 Å². The van der Waals surface area contributed by atoms with E-state index in [9.17, 15) is 4.39 Å². The van der Waals surface area contributed by atoms with Gasteiger partial charge in [-0.15, -0.1) is 0 Å². The third-order valence-electron chi connectivity index (χ3n) is 5.24. The number of hydrogen-bond donors (Lipinski definition) is 1. The maximum atomic E-state index is 13.9. The average Bonchev–Trinajstić information content (AvgIpc) is 3.33. The highest BCUT2D eigenvalue weighted by Gasteiger charge is 2.25. The van der Waals surface area contributed by atoms with Gasteiger partial charge in [0, 0.05) is 18.3 Å². The highest BCUT2D eigenvalue weighted by molar-refractivity contribution is 7.80. The summed E-state index contributed by atoms with van der Waals surface area (Å²) in [5, 5.41) is 3.85. The normalized spacial score (nSPS) is 15.8. The zero-order chi connectivity index (χ0) is 18.8. The second-order valence-corrected chi connectivity index (χ2v) is 7.53. The topological polar surface area (TPSA) is 33.7 Å². The summed E-state index contributed by atoms with van der Waals surface area (Å²) in [6.45, 7) is 2.70. The van der Waals surface area contributed by atoms with E-state index in [2.05, 4.69) is 10.2 Å². The minimum Gasteiger partial charge on any atom is -0.454 e. The molecular weight excluding hydrogens is 363 g/mol. The Morgan fingerprint density at radius 2 is 1.93 bits per heavy atom. The van der Waals surface area contributed by atoms with Crippen molar-refractivity contribution in [1.82, 2.24) is 4.90 Å². The summed E-state index contributed by atoms with van der Waals surface area (Å²) >= 11 is 5.71. The molecule has 6 heteroatoms. The second kappa shape index (κ2) is 7.72. The summed E-state index contributed by atoms with van der Waals surface area (Å²) in [4.78, 5) is 2.22. The van der Waals surface area contributed by atoms with Gasteiger partial charge in [-0.3, -0.25) is 0 Å². The fourth-order valence-electron chi connectivity index (χ4n) is 3.68. The van der Waals surface area contributed by atoms with Crippen molar-refractivity contribution in [2.45, 2.75) is 45.2 Å². The Kier molecular flexibility index (Phi) is 5.16. The van der Waals surface area contributed by atoms with Crippen molar-refractivity contribution in [3.05, 3.63) is 53.3 Å². The van der Waals surface area contributed by atoms with Crippen LogP contribution in [0.2, 0.25) is 0 Å². The summed E-state index contributed by atoms with van der Waals surface area (Å²) in [6.07, 6.45) is 4.66. The van der Waals surface area contributed by atoms with Crippen LogP contribution in [0.3, 0.4) is 0 Å². The number of anilines is 1. The number of ether oxygens (including phenoxy) is 2. The lowest BCUT2D eigenvalue weighted by atomic mass is 10.1. The summed E-state index contributed by atoms with van der Waals surface area (Å²) in [7, 11) is 0. The Morgan fingerprint density at radius 3 is 2.70 bits per heavy atom. The zero-order valence-electron chi connectivity index (χ0n) is 15.3. The fourth-order valence-corrected chi connectivity index (χ4v) is 4.02. The number of fused-ring (bicyclic) bond motifs is 1. The van der Waals surface area contributed by atoms with Gasteiger partial charge in [-0.05, 0) is 67.4 Å². The number of thiocarbonyl (C=S) groups is 1. The van der Waals surface area contributed by atoms with E-state index in [0.29, 0.717) is 28.9 Å². The molecule has 0 radical (unpaired) electrons. The van der Waals surface area contributed by atoms with Crippen molar-refractivity contribution in [1.29, 1.82) is 0 Å². The molecule has 0 bridgehead atoms. The van der Waals surface area contributed by atoms with Crippen LogP contribution in [-0.4, -0.2) is 22.8 Å². The van der Waals surface area contributed by atoms with Crippen molar-refractivity contribution < 1.29 is 13.9 Å².